The Hall–Kier alpha value is -0.120. The van der Waals surface area contributed by atoms with Crippen molar-refractivity contribution in [1.29, 1.82) is 0 Å². The molecule has 0 spiro atoms. The Kier molecular flexibility index (Phi) is 7.98. The summed E-state index contributed by atoms with van der Waals surface area (Å²) in [5.74, 6) is 0. The SMILES string of the molecule is CCCC(C)N(C)CCCC(O)(CC)CN. The summed E-state index contributed by atoms with van der Waals surface area (Å²) in [6.07, 6.45) is 5.05. The number of hydrogen-bond acceptors (Lipinski definition) is 3. The first-order valence-corrected chi connectivity index (χ1v) is 6.61. The Morgan fingerprint density at radius 3 is 2.44 bits per heavy atom. The maximum Gasteiger partial charge on any atom is 0.0767 e. The molecule has 0 saturated carbocycles. The van der Waals surface area contributed by atoms with Crippen LogP contribution in [0.4, 0.5) is 0 Å². The van der Waals surface area contributed by atoms with Crippen molar-refractivity contribution in [3.63, 3.8) is 0 Å². The molecule has 0 aromatic rings. The third-order valence-corrected chi connectivity index (χ3v) is 3.65. The minimum absolute atomic E-state index is 0.373. The van der Waals surface area contributed by atoms with Crippen LogP contribution in [-0.2, 0) is 0 Å². The lowest BCUT2D eigenvalue weighted by Crippen LogP contribution is -2.38. The normalized spacial score (nSPS) is 17.4. The molecular formula is C13H30N2O. The lowest BCUT2D eigenvalue weighted by molar-refractivity contribution is 0.0312. The molecular weight excluding hydrogens is 200 g/mol. The zero-order valence-corrected chi connectivity index (χ0v) is 11.5. The van der Waals surface area contributed by atoms with E-state index < -0.39 is 5.60 Å². The molecule has 0 bridgehead atoms. The molecule has 0 radical (unpaired) electrons. The van der Waals surface area contributed by atoms with Gasteiger partial charge in [0.25, 0.3) is 0 Å². The van der Waals surface area contributed by atoms with Gasteiger partial charge in [-0.25, -0.2) is 0 Å². The Bertz CT molecular complexity index is 169. The molecule has 3 heteroatoms. The topological polar surface area (TPSA) is 49.5 Å². The summed E-state index contributed by atoms with van der Waals surface area (Å²) in [7, 11) is 2.16. The predicted octanol–water partition coefficient (Wildman–Crippen LogP) is 1.99. The highest BCUT2D eigenvalue weighted by Gasteiger charge is 2.22. The molecule has 16 heavy (non-hydrogen) atoms. The molecule has 0 aromatic heterocycles. The van der Waals surface area contributed by atoms with Gasteiger partial charge < -0.3 is 15.7 Å². The van der Waals surface area contributed by atoms with Gasteiger partial charge in [0.2, 0.25) is 0 Å². The van der Waals surface area contributed by atoms with Crippen molar-refractivity contribution in [2.75, 3.05) is 20.1 Å². The monoisotopic (exact) mass is 230 g/mol. The van der Waals surface area contributed by atoms with Crippen molar-refractivity contribution in [2.45, 2.75) is 64.5 Å². The van der Waals surface area contributed by atoms with E-state index in [0.717, 1.165) is 25.8 Å². The van der Waals surface area contributed by atoms with Crippen LogP contribution in [0.1, 0.15) is 52.9 Å². The second-order valence-corrected chi connectivity index (χ2v) is 5.00. The fourth-order valence-corrected chi connectivity index (χ4v) is 1.94. The standard InChI is InChI=1S/C13H30N2O/c1-5-8-12(3)15(4)10-7-9-13(16,6-2)11-14/h12,16H,5-11,14H2,1-4H3. The molecule has 0 aliphatic heterocycles. The first-order chi connectivity index (χ1) is 7.49. The number of nitrogens with zero attached hydrogens (tertiary/aromatic N) is 1. The van der Waals surface area contributed by atoms with Crippen LogP contribution in [0.5, 0.6) is 0 Å². The zero-order valence-electron chi connectivity index (χ0n) is 11.5. The van der Waals surface area contributed by atoms with E-state index in [1.54, 1.807) is 0 Å². The lowest BCUT2D eigenvalue weighted by Gasteiger charge is -2.28. The van der Waals surface area contributed by atoms with Crippen molar-refractivity contribution in [3.8, 4) is 0 Å². The van der Waals surface area contributed by atoms with Gasteiger partial charge in [0, 0.05) is 12.6 Å². The molecule has 0 fully saturated rings. The molecule has 3 nitrogen and oxygen atoms in total. The molecule has 0 amide bonds. The van der Waals surface area contributed by atoms with Gasteiger partial charge in [0.1, 0.15) is 0 Å². The average Bonchev–Trinajstić information content (AvgIpc) is 2.29. The molecule has 2 unspecified atom stereocenters. The summed E-state index contributed by atoms with van der Waals surface area (Å²) in [4.78, 5) is 2.37. The molecule has 0 aromatic carbocycles. The maximum atomic E-state index is 10.0. The van der Waals surface area contributed by atoms with Crippen LogP contribution in [0.25, 0.3) is 0 Å². The van der Waals surface area contributed by atoms with E-state index >= 15 is 0 Å². The largest absolute Gasteiger partial charge is 0.389 e. The van der Waals surface area contributed by atoms with Gasteiger partial charge in [-0.15, -0.1) is 0 Å². The molecule has 3 N–H and O–H groups in total. The molecule has 0 aliphatic rings. The molecule has 0 saturated heterocycles. The molecule has 0 aliphatic carbocycles. The maximum absolute atomic E-state index is 10.0. The quantitative estimate of drug-likeness (QED) is 0.637. The van der Waals surface area contributed by atoms with Gasteiger partial charge in [-0.1, -0.05) is 20.3 Å². The van der Waals surface area contributed by atoms with E-state index in [1.165, 1.54) is 12.8 Å². The van der Waals surface area contributed by atoms with Crippen molar-refractivity contribution in [1.82, 2.24) is 4.90 Å². The Morgan fingerprint density at radius 2 is 2.00 bits per heavy atom. The first kappa shape index (κ1) is 15.9. The van der Waals surface area contributed by atoms with E-state index in [0.29, 0.717) is 12.6 Å². The van der Waals surface area contributed by atoms with Gasteiger partial charge in [-0.2, -0.15) is 0 Å². The minimum atomic E-state index is -0.644. The second kappa shape index (κ2) is 8.04. The second-order valence-electron chi connectivity index (χ2n) is 5.00. The summed E-state index contributed by atoms with van der Waals surface area (Å²) in [5.41, 5.74) is 4.93. The van der Waals surface area contributed by atoms with Gasteiger partial charge in [0.15, 0.2) is 0 Å². The average molecular weight is 230 g/mol. The predicted molar refractivity (Wildman–Crippen MR) is 70.5 cm³/mol. The fourth-order valence-electron chi connectivity index (χ4n) is 1.94. The Balaban J connectivity index is 3.80. The highest BCUT2D eigenvalue weighted by molar-refractivity contribution is 4.78. The van der Waals surface area contributed by atoms with Crippen LogP contribution < -0.4 is 5.73 Å². The fraction of sp³-hybridized carbons (Fsp3) is 1.00. The van der Waals surface area contributed by atoms with Crippen LogP contribution in [0.2, 0.25) is 0 Å². The first-order valence-electron chi connectivity index (χ1n) is 6.61. The Morgan fingerprint density at radius 1 is 1.38 bits per heavy atom. The van der Waals surface area contributed by atoms with Crippen LogP contribution in [0, 0.1) is 0 Å². The van der Waals surface area contributed by atoms with Crippen LogP contribution >= 0.6 is 0 Å². The summed E-state index contributed by atoms with van der Waals surface area (Å²) >= 11 is 0. The summed E-state index contributed by atoms with van der Waals surface area (Å²) < 4.78 is 0. The van der Waals surface area contributed by atoms with Gasteiger partial charge >= 0.3 is 0 Å². The van der Waals surface area contributed by atoms with Gasteiger partial charge in [-0.05, 0) is 46.2 Å². The van der Waals surface area contributed by atoms with Crippen molar-refractivity contribution >= 4 is 0 Å². The number of rotatable bonds is 9. The van der Waals surface area contributed by atoms with Gasteiger partial charge in [-0.3, -0.25) is 0 Å². The summed E-state index contributed by atoms with van der Waals surface area (Å²) in [6.45, 7) is 7.89. The number of aliphatic hydroxyl groups is 1. The van der Waals surface area contributed by atoms with E-state index in [2.05, 4.69) is 25.8 Å². The molecule has 0 rings (SSSR count). The molecule has 98 valence electrons. The third-order valence-electron chi connectivity index (χ3n) is 3.65. The summed E-state index contributed by atoms with van der Waals surface area (Å²) in [6, 6.07) is 0.637. The van der Waals surface area contributed by atoms with Crippen LogP contribution in [0.3, 0.4) is 0 Å². The van der Waals surface area contributed by atoms with Gasteiger partial charge in [0.05, 0.1) is 5.60 Å². The van der Waals surface area contributed by atoms with E-state index in [-0.39, 0.29) is 0 Å². The number of hydrogen-bond donors (Lipinski definition) is 2. The minimum Gasteiger partial charge on any atom is -0.389 e. The smallest absolute Gasteiger partial charge is 0.0767 e. The van der Waals surface area contributed by atoms with E-state index in [4.69, 9.17) is 5.73 Å². The van der Waals surface area contributed by atoms with E-state index in [9.17, 15) is 5.11 Å². The van der Waals surface area contributed by atoms with Crippen molar-refractivity contribution < 1.29 is 5.11 Å². The van der Waals surface area contributed by atoms with Crippen LogP contribution in [0.15, 0.2) is 0 Å². The van der Waals surface area contributed by atoms with Crippen molar-refractivity contribution in [2.24, 2.45) is 5.73 Å². The van der Waals surface area contributed by atoms with Crippen molar-refractivity contribution in [3.05, 3.63) is 0 Å². The zero-order chi connectivity index (χ0) is 12.6. The van der Waals surface area contributed by atoms with E-state index in [1.807, 2.05) is 6.92 Å². The Labute approximate surface area is 101 Å². The molecule has 0 heterocycles. The third kappa shape index (κ3) is 5.83. The highest BCUT2D eigenvalue weighted by Crippen LogP contribution is 2.16. The number of nitrogens with two attached hydrogens (primary N) is 1. The molecule has 2 atom stereocenters. The van der Waals surface area contributed by atoms with Crippen LogP contribution in [-0.4, -0.2) is 41.8 Å². The highest BCUT2D eigenvalue weighted by atomic mass is 16.3. The summed E-state index contributed by atoms with van der Waals surface area (Å²) in [5, 5.41) is 10.0. The lowest BCUT2D eigenvalue weighted by atomic mass is 9.94.